The number of fused-ring (bicyclic) bond motifs is 1. The zero-order valence-electron chi connectivity index (χ0n) is 22.7. The molecule has 4 aromatic heterocycles. The molecule has 5 heterocycles. The number of hydrogen-bond donors (Lipinski definition) is 3. The lowest BCUT2D eigenvalue weighted by molar-refractivity contribution is 0.326. The molecule has 0 aliphatic carbocycles. The van der Waals surface area contributed by atoms with Crippen LogP contribution >= 0.6 is 0 Å². The standard InChI is InChI=1S/C33H33N7/c1-4-11-31(40-16-9-6-10-17-40)27-19-30(36-23(27)3)33-32-29(38-39-33)15-14-28(37-32)25-18-26(21-34-20-25)35-22(2)24-12-7-5-8-13-24/h4-5,7-8,11-15,18-21,35-36H,1-2,6,9-10,16-17H2,3H3,(H,38,39)/b31-11+. The summed E-state index contributed by atoms with van der Waals surface area (Å²) in [4.78, 5) is 15.5. The summed E-state index contributed by atoms with van der Waals surface area (Å²) >= 11 is 0. The first kappa shape index (κ1) is 25.4. The molecule has 0 unspecified atom stereocenters. The van der Waals surface area contributed by atoms with Crippen LogP contribution in [0.15, 0.2) is 92.3 Å². The summed E-state index contributed by atoms with van der Waals surface area (Å²) in [6.45, 7) is 12.4. The number of rotatable bonds is 8. The molecular weight excluding hydrogens is 494 g/mol. The van der Waals surface area contributed by atoms with Crippen LogP contribution in [-0.2, 0) is 0 Å². The minimum absolute atomic E-state index is 0.794. The molecule has 40 heavy (non-hydrogen) atoms. The fourth-order valence-electron chi connectivity index (χ4n) is 5.35. The van der Waals surface area contributed by atoms with Crippen molar-refractivity contribution in [1.82, 2.24) is 30.0 Å². The lowest BCUT2D eigenvalue weighted by atomic mass is 10.1. The summed E-state index contributed by atoms with van der Waals surface area (Å²) in [7, 11) is 0. The number of nitrogens with zero attached hydrogens (tertiary/aromatic N) is 4. The first-order chi connectivity index (χ1) is 19.6. The summed E-state index contributed by atoms with van der Waals surface area (Å²) in [6.07, 6.45) is 11.3. The summed E-state index contributed by atoms with van der Waals surface area (Å²) in [5.74, 6) is 0. The van der Waals surface area contributed by atoms with Crippen molar-refractivity contribution in [2.75, 3.05) is 18.4 Å². The first-order valence-corrected chi connectivity index (χ1v) is 13.7. The maximum atomic E-state index is 5.03. The Morgan fingerprint density at radius 3 is 2.65 bits per heavy atom. The highest BCUT2D eigenvalue weighted by molar-refractivity contribution is 5.91. The van der Waals surface area contributed by atoms with Crippen LogP contribution in [-0.4, -0.2) is 43.1 Å². The fraction of sp³-hybridized carbons (Fsp3) is 0.182. The van der Waals surface area contributed by atoms with E-state index in [9.17, 15) is 0 Å². The molecular formula is C33H33N7. The maximum Gasteiger partial charge on any atom is 0.135 e. The second-order valence-electron chi connectivity index (χ2n) is 10.2. The van der Waals surface area contributed by atoms with Gasteiger partial charge in [0.25, 0.3) is 0 Å². The van der Waals surface area contributed by atoms with Crippen LogP contribution in [0.2, 0.25) is 0 Å². The normalized spacial score (nSPS) is 13.9. The highest BCUT2D eigenvalue weighted by atomic mass is 15.1. The third-order valence-corrected chi connectivity index (χ3v) is 7.38. The van der Waals surface area contributed by atoms with Gasteiger partial charge in [0.1, 0.15) is 11.2 Å². The van der Waals surface area contributed by atoms with Crippen LogP contribution in [0.4, 0.5) is 5.69 Å². The second-order valence-corrected chi connectivity index (χ2v) is 10.2. The Balaban J connectivity index is 1.32. The average molecular weight is 528 g/mol. The van der Waals surface area contributed by atoms with E-state index in [0.29, 0.717) is 0 Å². The number of pyridine rings is 2. The van der Waals surface area contributed by atoms with Crippen LogP contribution in [0.1, 0.15) is 36.1 Å². The summed E-state index contributed by atoms with van der Waals surface area (Å²) in [5.41, 5.74) is 11.3. The van der Waals surface area contributed by atoms with Gasteiger partial charge in [0, 0.05) is 47.5 Å². The summed E-state index contributed by atoms with van der Waals surface area (Å²) in [5, 5.41) is 11.2. The van der Waals surface area contributed by atoms with E-state index in [1.165, 1.54) is 30.5 Å². The van der Waals surface area contributed by atoms with Gasteiger partial charge < -0.3 is 15.2 Å². The van der Waals surface area contributed by atoms with Crippen molar-refractivity contribution in [3.63, 3.8) is 0 Å². The molecule has 1 fully saturated rings. The topological polar surface area (TPSA) is 85.5 Å². The maximum absolute atomic E-state index is 5.03. The van der Waals surface area contributed by atoms with E-state index in [-0.39, 0.29) is 0 Å². The summed E-state index contributed by atoms with van der Waals surface area (Å²) < 4.78 is 0. The van der Waals surface area contributed by atoms with Gasteiger partial charge in [0.15, 0.2) is 0 Å². The molecule has 200 valence electrons. The van der Waals surface area contributed by atoms with E-state index in [1.54, 1.807) is 6.20 Å². The molecule has 1 saturated heterocycles. The average Bonchev–Trinajstić information content (AvgIpc) is 3.59. The van der Waals surface area contributed by atoms with Crippen molar-refractivity contribution in [2.45, 2.75) is 26.2 Å². The van der Waals surface area contributed by atoms with Crippen LogP contribution in [0.25, 0.3) is 45.1 Å². The molecule has 1 aliphatic heterocycles. The monoisotopic (exact) mass is 527 g/mol. The third kappa shape index (κ3) is 5.06. The molecule has 0 atom stereocenters. The van der Waals surface area contributed by atoms with Crippen LogP contribution < -0.4 is 5.32 Å². The first-order valence-electron chi connectivity index (χ1n) is 13.7. The molecule has 7 nitrogen and oxygen atoms in total. The Morgan fingerprint density at radius 2 is 1.85 bits per heavy atom. The molecule has 3 N–H and O–H groups in total. The minimum atomic E-state index is 0.794. The predicted octanol–water partition coefficient (Wildman–Crippen LogP) is 7.42. The number of hydrogen-bond acceptors (Lipinski definition) is 5. The SMILES string of the molecule is C=C/C=C(\c1cc(-c2n[nH]c3ccc(-c4cncc(NC(=C)c5ccccc5)c4)nc23)[nH]c1C)N1CCCCC1. The molecule has 7 heteroatoms. The summed E-state index contributed by atoms with van der Waals surface area (Å²) in [6, 6.07) is 18.3. The van der Waals surface area contributed by atoms with E-state index >= 15 is 0 Å². The lowest BCUT2D eigenvalue weighted by Crippen LogP contribution is -2.28. The van der Waals surface area contributed by atoms with Gasteiger partial charge in [-0.25, -0.2) is 4.98 Å². The van der Waals surface area contributed by atoms with Crippen molar-refractivity contribution in [3.8, 4) is 22.6 Å². The molecule has 0 saturated carbocycles. The molecule has 6 rings (SSSR count). The van der Waals surface area contributed by atoms with Gasteiger partial charge in [0.05, 0.1) is 28.8 Å². The van der Waals surface area contributed by atoms with Gasteiger partial charge in [-0.1, -0.05) is 49.6 Å². The molecule has 0 amide bonds. The number of H-pyrrole nitrogens is 2. The van der Waals surface area contributed by atoms with Crippen molar-refractivity contribution in [2.24, 2.45) is 0 Å². The Bertz CT molecular complexity index is 1700. The fourth-order valence-corrected chi connectivity index (χ4v) is 5.35. The van der Waals surface area contributed by atoms with E-state index in [1.807, 2.05) is 60.8 Å². The third-order valence-electron chi connectivity index (χ3n) is 7.38. The largest absolute Gasteiger partial charge is 0.371 e. The number of nitrogens with one attached hydrogen (secondary N) is 3. The molecule has 1 aliphatic rings. The number of aromatic amines is 2. The molecule has 1 aromatic carbocycles. The highest BCUT2D eigenvalue weighted by Crippen LogP contribution is 2.33. The van der Waals surface area contributed by atoms with Gasteiger partial charge in [-0.15, -0.1) is 0 Å². The predicted molar refractivity (Wildman–Crippen MR) is 164 cm³/mol. The zero-order chi connectivity index (χ0) is 27.5. The van der Waals surface area contributed by atoms with Crippen molar-refractivity contribution >= 4 is 28.1 Å². The molecule has 0 spiro atoms. The van der Waals surface area contributed by atoms with Gasteiger partial charge >= 0.3 is 0 Å². The number of anilines is 1. The number of benzene rings is 1. The van der Waals surface area contributed by atoms with E-state index < -0.39 is 0 Å². The van der Waals surface area contributed by atoms with Gasteiger partial charge in [-0.3, -0.25) is 10.1 Å². The smallest absolute Gasteiger partial charge is 0.135 e. The van der Waals surface area contributed by atoms with Crippen molar-refractivity contribution in [1.29, 1.82) is 0 Å². The number of likely N-dealkylation sites (tertiary alicyclic amines) is 1. The lowest BCUT2D eigenvalue weighted by Gasteiger charge is -2.31. The zero-order valence-corrected chi connectivity index (χ0v) is 22.7. The van der Waals surface area contributed by atoms with Crippen LogP contribution in [0.5, 0.6) is 0 Å². The second kappa shape index (κ2) is 11.1. The number of aromatic nitrogens is 5. The number of piperidine rings is 1. The number of aryl methyl sites for hydroxylation is 1. The van der Waals surface area contributed by atoms with Gasteiger partial charge in [-0.2, -0.15) is 5.10 Å². The highest BCUT2D eigenvalue weighted by Gasteiger charge is 2.20. The molecule has 0 bridgehead atoms. The Kier molecular flexibility index (Phi) is 7.02. The minimum Gasteiger partial charge on any atom is -0.371 e. The van der Waals surface area contributed by atoms with Gasteiger partial charge in [0.2, 0.25) is 0 Å². The van der Waals surface area contributed by atoms with Gasteiger partial charge in [-0.05, 0) is 62.1 Å². The quantitative estimate of drug-likeness (QED) is 0.183. The Hall–Kier alpha value is -4.91. The van der Waals surface area contributed by atoms with E-state index in [4.69, 9.17) is 4.98 Å². The van der Waals surface area contributed by atoms with Crippen LogP contribution in [0, 0.1) is 6.92 Å². The van der Waals surface area contributed by atoms with Crippen molar-refractivity contribution < 1.29 is 0 Å². The Labute approximate surface area is 234 Å². The van der Waals surface area contributed by atoms with Crippen molar-refractivity contribution in [3.05, 3.63) is 109 Å². The van der Waals surface area contributed by atoms with E-state index in [2.05, 4.69) is 62.6 Å². The van der Waals surface area contributed by atoms with E-state index in [0.717, 1.165) is 69.4 Å². The molecule has 0 radical (unpaired) electrons. The Morgan fingerprint density at radius 1 is 1.02 bits per heavy atom. The molecule has 5 aromatic rings. The number of allylic oxidation sites excluding steroid dienone is 2. The van der Waals surface area contributed by atoms with Crippen LogP contribution in [0.3, 0.4) is 0 Å².